The first-order valence-corrected chi connectivity index (χ1v) is 4.78. The molecule has 1 fully saturated rings. The van der Waals surface area contributed by atoms with Crippen molar-refractivity contribution in [2.45, 2.75) is 31.6 Å². The highest BCUT2D eigenvalue weighted by Crippen LogP contribution is 2.28. The van der Waals surface area contributed by atoms with Gasteiger partial charge in [0, 0.05) is 0 Å². The molecule has 0 amide bonds. The van der Waals surface area contributed by atoms with E-state index in [1.54, 1.807) is 13.1 Å². The van der Waals surface area contributed by atoms with Gasteiger partial charge in [0.15, 0.2) is 0 Å². The molecule has 14 heavy (non-hydrogen) atoms. The van der Waals surface area contributed by atoms with Crippen LogP contribution in [0.5, 0.6) is 0 Å². The molecule has 1 aliphatic heterocycles. The molecule has 1 rings (SSSR count). The minimum absolute atomic E-state index is 0.00907. The average Bonchev–Trinajstić information content (AvgIpc) is 2.48. The highest BCUT2D eigenvalue weighted by Gasteiger charge is 2.39. The van der Waals surface area contributed by atoms with Gasteiger partial charge in [-0.05, 0) is 19.4 Å². The minimum atomic E-state index is -0.867. The number of carbonyl (C=O) groups is 1. The highest BCUT2D eigenvalue weighted by atomic mass is 16.5. The lowest BCUT2D eigenvalue weighted by molar-refractivity contribution is -0.143. The van der Waals surface area contributed by atoms with Gasteiger partial charge in [-0.25, -0.2) is 0 Å². The Hall–Kier alpha value is -0.870. The van der Waals surface area contributed by atoms with Gasteiger partial charge < -0.3 is 15.2 Å². The molecule has 1 heterocycles. The Morgan fingerprint density at radius 2 is 2.43 bits per heavy atom. The summed E-state index contributed by atoms with van der Waals surface area (Å²) in [5.41, 5.74) is 0. The van der Waals surface area contributed by atoms with Crippen LogP contribution in [0.4, 0.5) is 0 Å². The zero-order valence-electron chi connectivity index (χ0n) is 8.56. The highest BCUT2D eigenvalue weighted by molar-refractivity contribution is 5.74. The lowest BCUT2D eigenvalue weighted by atomic mass is 9.96. The van der Waals surface area contributed by atoms with Gasteiger partial charge in [0.25, 0.3) is 0 Å². The maximum Gasteiger partial charge on any atom is 0.323 e. The quantitative estimate of drug-likeness (QED) is 0.652. The van der Waals surface area contributed by atoms with Crippen molar-refractivity contribution >= 4 is 5.97 Å². The normalized spacial score (nSPS) is 34.0. The smallest absolute Gasteiger partial charge is 0.323 e. The van der Waals surface area contributed by atoms with Gasteiger partial charge in [-0.3, -0.25) is 4.79 Å². The van der Waals surface area contributed by atoms with Crippen molar-refractivity contribution in [3.8, 4) is 0 Å². The Bertz CT molecular complexity index is 229. The lowest BCUT2D eigenvalue weighted by Crippen LogP contribution is -2.46. The molecule has 0 saturated carbocycles. The summed E-state index contributed by atoms with van der Waals surface area (Å²) in [5, 5.41) is 11.7. The minimum Gasteiger partial charge on any atom is -0.480 e. The number of nitrogens with one attached hydrogen (secondary N) is 1. The van der Waals surface area contributed by atoms with Crippen LogP contribution in [0.3, 0.4) is 0 Å². The lowest BCUT2D eigenvalue weighted by Gasteiger charge is -2.22. The fraction of sp³-hybridized carbons (Fsp3) is 0.700. The summed E-state index contributed by atoms with van der Waals surface area (Å²) in [6.07, 6.45) is 2.30. The third kappa shape index (κ3) is 2.13. The first-order chi connectivity index (χ1) is 6.60. The molecule has 0 aromatic heterocycles. The monoisotopic (exact) mass is 199 g/mol. The largest absolute Gasteiger partial charge is 0.480 e. The molecule has 0 radical (unpaired) electrons. The van der Waals surface area contributed by atoms with Gasteiger partial charge in [0.1, 0.15) is 6.04 Å². The molecular weight excluding hydrogens is 182 g/mol. The van der Waals surface area contributed by atoms with Crippen LogP contribution in [0.2, 0.25) is 0 Å². The Morgan fingerprint density at radius 3 is 2.79 bits per heavy atom. The molecule has 0 bridgehead atoms. The standard InChI is InChI=1S/C10H17NO3/c1-4-7-5-6(2)9(14-7)8(11-3)10(12)13/h4,6-9,11H,1,5H2,2-3H3,(H,12,13)/t6?,7?,8-,9?/m0/s1. The Kier molecular flexibility index (Phi) is 3.66. The summed E-state index contributed by atoms with van der Waals surface area (Å²) in [7, 11) is 1.64. The predicted molar refractivity (Wildman–Crippen MR) is 53.1 cm³/mol. The maximum absolute atomic E-state index is 10.9. The van der Waals surface area contributed by atoms with Crippen molar-refractivity contribution in [1.82, 2.24) is 5.32 Å². The third-order valence-corrected chi connectivity index (χ3v) is 2.67. The SMILES string of the molecule is C=CC1CC(C)C([C@H](NC)C(=O)O)O1. The molecule has 3 unspecified atom stereocenters. The van der Waals surface area contributed by atoms with E-state index in [0.717, 1.165) is 6.42 Å². The summed E-state index contributed by atoms with van der Waals surface area (Å²) >= 11 is 0. The third-order valence-electron chi connectivity index (χ3n) is 2.67. The fourth-order valence-electron chi connectivity index (χ4n) is 1.88. The molecule has 0 aromatic rings. The van der Waals surface area contributed by atoms with E-state index >= 15 is 0 Å². The van der Waals surface area contributed by atoms with E-state index in [0.29, 0.717) is 0 Å². The number of ether oxygens (including phenoxy) is 1. The van der Waals surface area contributed by atoms with E-state index < -0.39 is 12.0 Å². The van der Waals surface area contributed by atoms with Gasteiger partial charge in [0.2, 0.25) is 0 Å². The molecule has 4 nitrogen and oxygen atoms in total. The van der Waals surface area contributed by atoms with E-state index in [1.807, 2.05) is 6.92 Å². The summed E-state index contributed by atoms with van der Waals surface area (Å²) in [4.78, 5) is 10.9. The molecular formula is C10H17NO3. The molecule has 4 atom stereocenters. The number of carboxylic acids is 1. The van der Waals surface area contributed by atoms with Crippen LogP contribution in [0.15, 0.2) is 12.7 Å². The molecule has 0 aromatic carbocycles. The van der Waals surface area contributed by atoms with Crippen LogP contribution in [0.1, 0.15) is 13.3 Å². The molecule has 80 valence electrons. The van der Waals surface area contributed by atoms with Gasteiger partial charge >= 0.3 is 5.97 Å². The number of likely N-dealkylation sites (N-methyl/N-ethyl adjacent to an activating group) is 1. The van der Waals surface area contributed by atoms with E-state index in [2.05, 4.69) is 11.9 Å². The zero-order valence-corrected chi connectivity index (χ0v) is 8.56. The number of hydrogen-bond donors (Lipinski definition) is 2. The van der Waals surface area contributed by atoms with Gasteiger partial charge in [-0.15, -0.1) is 6.58 Å². The van der Waals surface area contributed by atoms with Crippen LogP contribution in [-0.2, 0) is 9.53 Å². The topological polar surface area (TPSA) is 58.6 Å². The van der Waals surface area contributed by atoms with Crippen molar-refractivity contribution in [3.63, 3.8) is 0 Å². The van der Waals surface area contributed by atoms with Crippen molar-refractivity contribution in [2.75, 3.05) is 7.05 Å². The van der Waals surface area contributed by atoms with Crippen LogP contribution in [0, 0.1) is 5.92 Å². The van der Waals surface area contributed by atoms with E-state index in [4.69, 9.17) is 9.84 Å². The van der Waals surface area contributed by atoms with Gasteiger partial charge in [-0.2, -0.15) is 0 Å². The summed E-state index contributed by atoms with van der Waals surface area (Å²) < 4.78 is 5.58. The second-order valence-electron chi connectivity index (χ2n) is 3.69. The van der Waals surface area contributed by atoms with Gasteiger partial charge in [-0.1, -0.05) is 13.0 Å². The Labute approximate surface area is 83.9 Å². The summed E-state index contributed by atoms with van der Waals surface area (Å²) in [5.74, 6) is -0.624. The second kappa shape index (κ2) is 4.57. The van der Waals surface area contributed by atoms with Crippen LogP contribution in [-0.4, -0.2) is 36.4 Å². The fourth-order valence-corrected chi connectivity index (χ4v) is 1.88. The number of rotatable bonds is 4. The zero-order chi connectivity index (χ0) is 10.7. The molecule has 1 aliphatic rings. The summed E-state index contributed by atoms with van der Waals surface area (Å²) in [6, 6.07) is -0.630. The van der Waals surface area contributed by atoms with E-state index in [-0.39, 0.29) is 18.1 Å². The summed E-state index contributed by atoms with van der Waals surface area (Å²) in [6.45, 7) is 5.65. The number of aliphatic carboxylic acids is 1. The van der Waals surface area contributed by atoms with Crippen LogP contribution >= 0.6 is 0 Å². The van der Waals surface area contributed by atoms with Crippen molar-refractivity contribution in [3.05, 3.63) is 12.7 Å². The van der Waals surface area contributed by atoms with Crippen molar-refractivity contribution in [1.29, 1.82) is 0 Å². The first kappa shape index (κ1) is 11.2. The number of carboxylic acid groups (broad SMARTS) is 1. The first-order valence-electron chi connectivity index (χ1n) is 4.78. The van der Waals surface area contributed by atoms with Crippen LogP contribution < -0.4 is 5.32 Å². The van der Waals surface area contributed by atoms with E-state index in [9.17, 15) is 4.79 Å². The van der Waals surface area contributed by atoms with Gasteiger partial charge in [0.05, 0.1) is 12.2 Å². The Morgan fingerprint density at radius 1 is 1.79 bits per heavy atom. The second-order valence-corrected chi connectivity index (χ2v) is 3.69. The Balaban J connectivity index is 2.67. The maximum atomic E-state index is 10.9. The number of hydrogen-bond acceptors (Lipinski definition) is 3. The molecule has 1 saturated heterocycles. The molecule has 0 spiro atoms. The van der Waals surface area contributed by atoms with E-state index in [1.165, 1.54) is 0 Å². The van der Waals surface area contributed by atoms with Crippen molar-refractivity contribution < 1.29 is 14.6 Å². The average molecular weight is 199 g/mol. The molecule has 0 aliphatic carbocycles. The van der Waals surface area contributed by atoms with Crippen molar-refractivity contribution in [2.24, 2.45) is 5.92 Å². The van der Waals surface area contributed by atoms with Crippen LogP contribution in [0.25, 0.3) is 0 Å². The molecule has 2 N–H and O–H groups in total. The predicted octanol–water partition coefficient (Wildman–Crippen LogP) is 0.639. The molecule has 4 heteroatoms.